The molecule has 1 amide bonds. The number of hydrogen-bond donors (Lipinski definition) is 2. The van der Waals surface area contributed by atoms with Crippen molar-refractivity contribution in [1.29, 1.82) is 0 Å². The standard InChI is InChI=1S/C20H20N4OS.2ClH/c21-15-6-7-17-13(9-15)3-1-5-18(17)24-19(25)10-16-12-26-20(23-16)14-4-2-8-22-11-14;;/h2,4,6-9,11-12,18H,1,3,5,10,21H2,(H,24,25);2*1H. The predicted molar refractivity (Wildman–Crippen MR) is 118 cm³/mol. The Bertz CT molecular complexity index is 933. The van der Waals surface area contributed by atoms with Crippen LogP contribution in [0.5, 0.6) is 0 Å². The van der Waals surface area contributed by atoms with Crippen LogP contribution >= 0.6 is 36.2 Å². The molecule has 4 rings (SSSR count). The zero-order chi connectivity index (χ0) is 17.9. The molecule has 5 nitrogen and oxygen atoms in total. The third-order valence-electron chi connectivity index (χ3n) is 4.62. The highest BCUT2D eigenvalue weighted by molar-refractivity contribution is 7.13. The number of carbonyl (C=O) groups is 1. The van der Waals surface area contributed by atoms with Gasteiger partial charge in [-0.3, -0.25) is 9.78 Å². The van der Waals surface area contributed by atoms with Gasteiger partial charge in [0.05, 0.1) is 18.2 Å². The zero-order valence-electron chi connectivity index (χ0n) is 15.1. The second-order valence-electron chi connectivity index (χ2n) is 6.53. The number of amides is 1. The molecule has 0 spiro atoms. The average Bonchev–Trinajstić information content (AvgIpc) is 3.11. The van der Waals surface area contributed by atoms with E-state index in [1.54, 1.807) is 12.4 Å². The number of hydrogen-bond acceptors (Lipinski definition) is 5. The first-order valence-electron chi connectivity index (χ1n) is 8.71. The maximum absolute atomic E-state index is 12.5. The molecule has 0 radical (unpaired) electrons. The van der Waals surface area contributed by atoms with E-state index in [-0.39, 0.29) is 43.2 Å². The van der Waals surface area contributed by atoms with Crippen molar-refractivity contribution in [1.82, 2.24) is 15.3 Å². The summed E-state index contributed by atoms with van der Waals surface area (Å²) in [6.07, 6.45) is 6.85. The second-order valence-corrected chi connectivity index (χ2v) is 7.39. The van der Waals surface area contributed by atoms with Gasteiger partial charge in [0.2, 0.25) is 5.91 Å². The summed E-state index contributed by atoms with van der Waals surface area (Å²) in [5.41, 5.74) is 10.9. The maximum Gasteiger partial charge on any atom is 0.226 e. The number of nitrogens with two attached hydrogens (primary N) is 1. The van der Waals surface area contributed by atoms with Crippen molar-refractivity contribution in [3.05, 3.63) is 64.9 Å². The summed E-state index contributed by atoms with van der Waals surface area (Å²) in [7, 11) is 0. The Kier molecular flexibility index (Phi) is 7.80. The number of pyridine rings is 1. The number of aryl methyl sites for hydroxylation is 1. The maximum atomic E-state index is 12.5. The van der Waals surface area contributed by atoms with Crippen molar-refractivity contribution in [2.24, 2.45) is 0 Å². The summed E-state index contributed by atoms with van der Waals surface area (Å²) in [5, 5.41) is 5.99. The lowest BCUT2D eigenvalue weighted by atomic mass is 9.87. The van der Waals surface area contributed by atoms with Crippen LogP contribution in [0.4, 0.5) is 5.69 Å². The SMILES string of the molecule is Cl.Cl.Nc1ccc2c(c1)CCCC2NC(=O)Cc1csc(-c2cccnc2)n1. The molecule has 1 aliphatic rings. The monoisotopic (exact) mass is 436 g/mol. The van der Waals surface area contributed by atoms with E-state index in [9.17, 15) is 4.79 Å². The molecule has 1 aromatic carbocycles. The molecule has 0 saturated heterocycles. The van der Waals surface area contributed by atoms with Crippen LogP contribution in [0.2, 0.25) is 0 Å². The summed E-state index contributed by atoms with van der Waals surface area (Å²) >= 11 is 1.54. The van der Waals surface area contributed by atoms with E-state index in [0.29, 0.717) is 0 Å². The van der Waals surface area contributed by atoms with Gasteiger partial charge in [-0.15, -0.1) is 36.2 Å². The second kappa shape index (κ2) is 9.87. The quantitative estimate of drug-likeness (QED) is 0.594. The number of halogens is 2. The minimum absolute atomic E-state index is 0. The number of aromatic nitrogens is 2. The highest BCUT2D eigenvalue weighted by Crippen LogP contribution is 2.31. The molecule has 1 atom stereocenters. The van der Waals surface area contributed by atoms with Crippen LogP contribution in [0.15, 0.2) is 48.1 Å². The minimum Gasteiger partial charge on any atom is -0.399 e. The number of anilines is 1. The van der Waals surface area contributed by atoms with Crippen molar-refractivity contribution in [2.75, 3.05) is 5.73 Å². The third kappa shape index (κ3) is 5.01. The Morgan fingerprint density at radius 1 is 1.29 bits per heavy atom. The Balaban J connectivity index is 0.00000140. The molecule has 1 aliphatic carbocycles. The molecule has 2 aromatic heterocycles. The molecule has 0 aliphatic heterocycles. The summed E-state index contributed by atoms with van der Waals surface area (Å²) < 4.78 is 0. The molecule has 1 unspecified atom stereocenters. The van der Waals surface area contributed by atoms with E-state index in [4.69, 9.17) is 5.73 Å². The molecule has 3 N–H and O–H groups in total. The van der Waals surface area contributed by atoms with Crippen LogP contribution in [-0.2, 0) is 17.6 Å². The fraction of sp³-hybridized carbons (Fsp3) is 0.250. The third-order valence-corrected chi connectivity index (χ3v) is 5.56. The molecule has 28 heavy (non-hydrogen) atoms. The fourth-order valence-electron chi connectivity index (χ4n) is 3.40. The number of thiazole rings is 1. The predicted octanol–water partition coefficient (Wildman–Crippen LogP) is 4.37. The number of nitrogens with one attached hydrogen (secondary N) is 1. The van der Waals surface area contributed by atoms with Gasteiger partial charge in [0.25, 0.3) is 0 Å². The van der Waals surface area contributed by atoms with Crippen LogP contribution in [0.3, 0.4) is 0 Å². The Morgan fingerprint density at radius 2 is 2.14 bits per heavy atom. The van der Waals surface area contributed by atoms with Gasteiger partial charge in [0.15, 0.2) is 0 Å². The molecule has 0 saturated carbocycles. The number of carbonyl (C=O) groups excluding carboxylic acids is 1. The van der Waals surface area contributed by atoms with Crippen molar-refractivity contribution in [3.8, 4) is 10.6 Å². The molecule has 3 aromatic rings. The van der Waals surface area contributed by atoms with Gasteiger partial charge in [0.1, 0.15) is 5.01 Å². The van der Waals surface area contributed by atoms with Crippen LogP contribution in [-0.4, -0.2) is 15.9 Å². The topological polar surface area (TPSA) is 80.9 Å². The highest BCUT2D eigenvalue weighted by atomic mass is 35.5. The van der Waals surface area contributed by atoms with Gasteiger partial charge < -0.3 is 11.1 Å². The number of rotatable bonds is 4. The molecule has 148 valence electrons. The lowest BCUT2D eigenvalue weighted by molar-refractivity contribution is -0.121. The molecular weight excluding hydrogens is 415 g/mol. The number of benzene rings is 1. The first-order chi connectivity index (χ1) is 12.7. The number of fused-ring (bicyclic) bond motifs is 1. The van der Waals surface area contributed by atoms with Gasteiger partial charge in [-0.2, -0.15) is 0 Å². The van der Waals surface area contributed by atoms with E-state index in [2.05, 4.69) is 15.3 Å². The van der Waals surface area contributed by atoms with Crippen LogP contribution in [0.25, 0.3) is 10.6 Å². The van der Waals surface area contributed by atoms with Crippen molar-refractivity contribution in [2.45, 2.75) is 31.7 Å². The molecule has 2 heterocycles. The van der Waals surface area contributed by atoms with Gasteiger partial charge >= 0.3 is 0 Å². The van der Waals surface area contributed by atoms with Crippen molar-refractivity contribution < 1.29 is 4.79 Å². The Morgan fingerprint density at radius 3 is 2.93 bits per heavy atom. The summed E-state index contributed by atoms with van der Waals surface area (Å²) in [4.78, 5) is 21.2. The Labute approximate surface area is 180 Å². The van der Waals surface area contributed by atoms with Crippen molar-refractivity contribution in [3.63, 3.8) is 0 Å². The van der Waals surface area contributed by atoms with Crippen LogP contribution < -0.4 is 11.1 Å². The van der Waals surface area contributed by atoms with Gasteiger partial charge in [0, 0.05) is 29.0 Å². The summed E-state index contributed by atoms with van der Waals surface area (Å²) in [6.45, 7) is 0. The minimum atomic E-state index is 0. The lowest BCUT2D eigenvalue weighted by Crippen LogP contribution is -2.32. The van der Waals surface area contributed by atoms with Gasteiger partial charge in [-0.1, -0.05) is 6.07 Å². The molecular formula is C20H22Cl2N4OS. The largest absolute Gasteiger partial charge is 0.399 e. The fourth-order valence-corrected chi connectivity index (χ4v) is 4.21. The smallest absolute Gasteiger partial charge is 0.226 e. The Hall–Kier alpha value is -2.15. The summed E-state index contributed by atoms with van der Waals surface area (Å²) in [5.74, 6) is 0.00251. The van der Waals surface area contributed by atoms with Gasteiger partial charge in [-0.05, 0) is 54.7 Å². The van der Waals surface area contributed by atoms with E-state index in [1.165, 1.54) is 22.5 Å². The number of nitrogens with zero attached hydrogens (tertiary/aromatic N) is 2. The lowest BCUT2D eigenvalue weighted by Gasteiger charge is -2.26. The van der Waals surface area contributed by atoms with E-state index in [0.717, 1.165) is 41.2 Å². The zero-order valence-corrected chi connectivity index (χ0v) is 17.6. The molecule has 8 heteroatoms. The van der Waals surface area contributed by atoms with Gasteiger partial charge in [-0.25, -0.2) is 4.98 Å². The first-order valence-corrected chi connectivity index (χ1v) is 9.59. The van der Waals surface area contributed by atoms with E-state index in [1.807, 2.05) is 35.7 Å². The van der Waals surface area contributed by atoms with Crippen molar-refractivity contribution >= 4 is 47.7 Å². The molecule has 0 bridgehead atoms. The van der Waals surface area contributed by atoms with Crippen LogP contribution in [0, 0.1) is 0 Å². The van der Waals surface area contributed by atoms with E-state index < -0.39 is 0 Å². The highest BCUT2D eigenvalue weighted by Gasteiger charge is 2.22. The van der Waals surface area contributed by atoms with Crippen LogP contribution in [0.1, 0.15) is 35.7 Å². The summed E-state index contributed by atoms with van der Waals surface area (Å²) in [6, 6.07) is 9.89. The average molecular weight is 437 g/mol. The van der Waals surface area contributed by atoms with E-state index >= 15 is 0 Å². The number of nitrogen functional groups attached to an aromatic ring is 1. The molecule has 0 fully saturated rings. The first kappa shape index (κ1) is 22.1. The normalized spacial score (nSPS) is 14.9.